The van der Waals surface area contributed by atoms with Gasteiger partial charge >= 0.3 is 52.2 Å². The zero-order valence-electron chi connectivity index (χ0n) is 15.9. The Morgan fingerprint density at radius 1 is 0.636 bits per heavy atom. The van der Waals surface area contributed by atoms with Crippen molar-refractivity contribution in [1.29, 1.82) is 0 Å². The van der Waals surface area contributed by atoms with E-state index >= 15 is 0 Å². The third-order valence-corrected chi connectivity index (χ3v) is 3.75. The van der Waals surface area contributed by atoms with Gasteiger partial charge < -0.3 is 28.2 Å². The quantitative estimate of drug-likeness (QED) is 0.290. The topological polar surface area (TPSA) is 242 Å². The van der Waals surface area contributed by atoms with Crippen molar-refractivity contribution in [3.05, 3.63) is 70.8 Å². The predicted molar refractivity (Wildman–Crippen MR) is 95.5 cm³/mol. The summed E-state index contributed by atoms with van der Waals surface area (Å²) in [5.74, 6) is -5.82. The normalized spacial score (nSPS) is 10.5. The monoisotopic (exact) mass is 554 g/mol. The van der Waals surface area contributed by atoms with Crippen LogP contribution in [-0.2, 0) is 48.6 Å². The average molecular weight is 556 g/mol. The Bertz CT molecular complexity index is 1170. The molecule has 0 atom stereocenters. The van der Waals surface area contributed by atoms with Gasteiger partial charge in [0.1, 0.15) is 0 Å². The van der Waals surface area contributed by atoms with Gasteiger partial charge in [-0.2, -0.15) is 16.8 Å². The molecule has 0 spiro atoms. The Morgan fingerprint density at radius 3 is 1.15 bits per heavy atom. The van der Waals surface area contributed by atoms with Crippen molar-refractivity contribution in [3.8, 4) is 0 Å². The van der Waals surface area contributed by atoms with Gasteiger partial charge in [0.2, 0.25) is 0 Å². The number of carbonyl (C=O) groups excluding carboxylic acids is 4. The number of carboxylic acids is 2. The minimum absolute atomic E-state index is 0. The van der Waals surface area contributed by atoms with Crippen LogP contribution in [0.4, 0.5) is 0 Å². The molecule has 0 fully saturated rings. The second kappa shape index (κ2) is 12.1. The van der Waals surface area contributed by atoms with Gasteiger partial charge in [-0.15, -0.1) is 0 Å². The Labute approximate surface area is 198 Å². The fraction of sp³-hybridized carbons (Fsp3) is 0. The smallest absolute Gasteiger partial charge is 0.545 e. The van der Waals surface area contributed by atoms with Crippen LogP contribution in [0.2, 0.25) is 0 Å². The molecule has 0 aliphatic carbocycles. The van der Waals surface area contributed by atoms with E-state index < -0.39 is 44.7 Å². The molecule has 0 aromatic heterocycles. The van der Waals surface area contributed by atoms with Gasteiger partial charge in [-0.1, -0.05) is 24.3 Å². The van der Waals surface area contributed by atoms with Crippen LogP contribution in [0.5, 0.6) is 0 Å². The van der Waals surface area contributed by atoms with Gasteiger partial charge in [-0.05, 0) is 35.4 Å². The first-order chi connectivity index (χ1) is 14.6. The zero-order valence-corrected chi connectivity index (χ0v) is 20.5. The molecule has 17 heteroatoms. The molecule has 14 nitrogen and oxygen atoms in total. The van der Waals surface area contributed by atoms with Gasteiger partial charge in [-0.3, -0.25) is 9.11 Å². The van der Waals surface area contributed by atoms with Gasteiger partial charge in [-0.25, -0.2) is 9.59 Å². The van der Waals surface area contributed by atoms with E-state index in [1.165, 1.54) is 12.1 Å². The first kappa shape index (κ1) is 29.8. The van der Waals surface area contributed by atoms with Crippen molar-refractivity contribution in [2.45, 2.75) is 0 Å². The molecule has 2 aromatic carbocycles. The van der Waals surface area contributed by atoms with E-state index in [1.807, 2.05) is 0 Å². The fourth-order valence-corrected chi connectivity index (χ4v) is 2.41. The molecular formula is C16H10O14S2Zn. The van der Waals surface area contributed by atoms with Gasteiger partial charge in [0.25, 0.3) is 0 Å². The molecule has 0 saturated heterocycles. The minimum atomic E-state index is -4.92. The minimum Gasteiger partial charge on any atom is -0.545 e. The summed E-state index contributed by atoms with van der Waals surface area (Å²) < 4.78 is 64.6. The second-order valence-electron chi connectivity index (χ2n) is 5.33. The molecule has 33 heavy (non-hydrogen) atoms. The van der Waals surface area contributed by atoms with Gasteiger partial charge in [0.05, 0.1) is 23.1 Å². The third kappa shape index (κ3) is 11.3. The van der Waals surface area contributed by atoms with Crippen molar-refractivity contribution in [2.24, 2.45) is 0 Å². The van der Waals surface area contributed by atoms with Gasteiger partial charge in [0.15, 0.2) is 0 Å². The van der Waals surface area contributed by atoms with Crippen molar-refractivity contribution < 1.29 is 83.2 Å². The first-order valence-corrected chi connectivity index (χ1v) is 10.4. The summed E-state index contributed by atoms with van der Waals surface area (Å²) in [4.78, 5) is 43.0. The Hall–Kier alpha value is -3.24. The van der Waals surface area contributed by atoms with Crippen LogP contribution >= 0.6 is 0 Å². The summed E-state index contributed by atoms with van der Waals surface area (Å²) in [5.41, 5.74) is -1.30. The maximum absolute atomic E-state index is 11.1. The SMILES string of the molecule is O=C([O-])c1cccc(C(=O)OS(=O)(=O)O)c1.O=C([O-])c1cccc(C(=O)OS(=O)(=O)O)c1.[Zn+2]. The summed E-state index contributed by atoms with van der Waals surface area (Å²) in [6, 6.07) is 8.68. The Kier molecular flexibility index (Phi) is 10.9. The molecule has 0 radical (unpaired) electrons. The standard InChI is InChI=1S/2C8H6O7S.Zn/c2*9-7(10)5-2-1-3-6(4-5)8(11)15-16(12,13)14;/h2*1-4H,(H,9,10)(H,12,13,14);/q;;+2/p-2. The molecule has 0 amide bonds. The predicted octanol–water partition coefficient (Wildman–Crippen LogP) is -1.98. The summed E-state index contributed by atoms with van der Waals surface area (Å²) in [6.07, 6.45) is 0. The van der Waals surface area contributed by atoms with Crippen LogP contribution in [0, 0.1) is 0 Å². The third-order valence-electron chi connectivity index (χ3n) is 3.03. The number of hydrogen-bond acceptors (Lipinski definition) is 12. The average Bonchev–Trinajstić information content (AvgIpc) is 2.66. The van der Waals surface area contributed by atoms with Crippen LogP contribution in [0.15, 0.2) is 48.5 Å². The van der Waals surface area contributed by atoms with Crippen LogP contribution in [0.1, 0.15) is 41.4 Å². The van der Waals surface area contributed by atoms with Crippen LogP contribution in [-0.4, -0.2) is 49.8 Å². The van der Waals surface area contributed by atoms with E-state index in [2.05, 4.69) is 8.37 Å². The summed E-state index contributed by atoms with van der Waals surface area (Å²) in [6.45, 7) is 0. The molecule has 2 N–H and O–H groups in total. The van der Waals surface area contributed by atoms with Gasteiger partial charge in [0, 0.05) is 0 Å². The molecule has 0 bridgehead atoms. The molecule has 2 rings (SSSR count). The molecule has 2 aromatic rings. The molecular weight excluding hydrogens is 546 g/mol. The zero-order chi connectivity index (χ0) is 24.7. The van der Waals surface area contributed by atoms with E-state index in [0.29, 0.717) is 0 Å². The molecule has 172 valence electrons. The largest absolute Gasteiger partial charge is 2.00 e. The molecule has 0 aliphatic heterocycles. The number of aromatic carboxylic acids is 2. The number of rotatable bonds is 6. The first-order valence-electron chi connectivity index (χ1n) is 7.64. The molecule has 0 saturated carbocycles. The number of carbonyl (C=O) groups is 4. The summed E-state index contributed by atoms with van der Waals surface area (Å²) in [5, 5.41) is 20.9. The molecule has 0 unspecified atom stereocenters. The van der Waals surface area contributed by atoms with E-state index in [9.17, 15) is 46.2 Å². The maximum atomic E-state index is 11.1. The second-order valence-corrected chi connectivity index (χ2v) is 7.38. The number of benzene rings is 2. The Balaban J connectivity index is 0.000000602. The maximum Gasteiger partial charge on any atom is 2.00 e. The number of carboxylic acid groups (broad SMARTS) is 2. The van der Waals surface area contributed by atoms with E-state index in [1.54, 1.807) is 0 Å². The van der Waals surface area contributed by atoms with E-state index in [-0.39, 0.29) is 41.7 Å². The van der Waals surface area contributed by atoms with Crippen molar-refractivity contribution in [1.82, 2.24) is 0 Å². The van der Waals surface area contributed by atoms with Crippen molar-refractivity contribution in [3.63, 3.8) is 0 Å². The summed E-state index contributed by atoms with van der Waals surface area (Å²) >= 11 is 0. The molecule has 0 heterocycles. The summed E-state index contributed by atoms with van der Waals surface area (Å²) in [7, 11) is -9.83. The van der Waals surface area contributed by atoms with Crippen molar-refractivity contribution in [2.75, 3.05) is 0 Å². The Morgan fingerprint density at radius 2 is 0.909 bits per heavy atom. The fourth-order valence-electron chi connectivity index (χ4n) is 1.83. The molecule has 0 aliphatic rings. The van der Waals surface area contributed by atoms with Crippen LogP contribution < -0.4 is 10.2 Å². The number of hydrogen-bond donors (Lipinski definition) is 2. The van der Waals surface area contributed by atoms with E-state index in [4.69, 9.17) is 9.11 Å². The van der Waals surface area contributed by atoms with E-state index in [0.717, 1.165) is 36.4 Å². The van der Waals surface area contributed by atoms with Crippen LogP contribution in [0.25, 0.3) is 0 Å². The van der Waals surface area contributed by atoms with Crippen molar-refractivity contribution >= 4 is 44.7 Å². The van der Waals surface area contributed by atoms with Crippen LogP contribution in [0.3, 0.4) is 0 Å².